The Bertz CT molecular complexity index is 509. The maximum Gasteiger partial charge on any atom is 0.157 e. The summed E-state index contributed by atoms with van der Waals surface area (Å²) in [5.74, 6) is 0.781. The van der Waals surface area contributed by atoms with Crippen molar-refractivity contribution in [1.82, 2.24) is 9.38 Å². The van der Waals surface area contributed by atoms with Crippen LogP contribution in [0.15, 0.2) is 18.3 Å². The summed E-state index contributed by atoms with van der Waals surface area (Å²) in [4.78, 5) is 4.46. The number of hydrogen-bond acceptors (Lipinski definition) is 3. The predicted octanol–water partition coefficient (Wildman–Crippen LogP) is 2.32. The van der Waals surface area contributed by atoms with Crippen LogP contribution >= 0.6 is 11.6 Å². The highest BCUT2D eigenvalue weighted by atomic mass is 35.5. The van der Waals surface area contributed by atoms with Gasteiger partial charge >= 0.3 is 0 Å². The van der Waals surface area contributed by atoms with Gasteiger partial charge in [-0.15, -0.1) is 0 Å². The molecule has 1 unspecified atom stereocenters. The van der Waals surface area contributed by atoms with Gasteiger partial charge in [-0.1, -0.05) is 18.5 Å². The van der Waals surface area contributed by atoms with Crippen molar-refractivity contribution in [2.45, 2.75) is 12.8 Å². The van der Waals surface area contributed by atoms with E-state index in [9.17, 15) is 0 Å². The van der Waals surface area contributed by atoms with Gasteiger partial charge in [0, 0.05) is 19.2 Å². The number of pyridine rings is 1. The largest absolute Gasteiger partial charge is 0.384 e. The third-order valence-electron chi connectivity index (χ3n) is 2.55. The summed E-state index contributed by atoms with van der Waals surface area (Å²) in [7, 11) is 1.66. The van der Waals surface area contributed by atoms with Crippen LogP contribution in [-0.4, -0.2) is 23.1 Å². The number of nitrogens with zero attached hydrogens (tertiary/aromatic N) is 2. The monoisotopic (exact) mass is 239 g/mol. The number of hydrogen-bond donors (Lipinski definition) is 1. The van der Waals surface area contributed by atoms with E-state index in [0.29, 0.717) is 23.1 Å². The van der Waals surface area contributed by atoms with Crippen LogP contribution in [0.4, 0.5) is 5.82 Å². The normalized spacial score (nSPS) is 13.2. The van der Waals surface area contributed by atoms with Crippen LogP contribution in [0.2, 0.25) is 5.02 Å². The highest BCUT2D eigenvalue weighted by Crippen LogP contribution is 2.26. The lowest BCUT2D eigenvalue weighted by molar-refractivity contribution is 0.183. The number of halogens is 1. The van der Waals surface area contributed by atoms with Gasteiger partial charge in [-0.3, -0.25) is 4.40 Å². The van der Waals surface area contributed by atoms with Gasteiger partial charge in [0.2, 0.25) is 0 Å². The summed E-state index contributed by atoms with van der Waals surface area (Å²) < 4.78 is 6.90. The molecule has 2 heterocycles. The fraction of sp³-hybridized carbons (Fsp3) is 0.364. The van der Waals surface area contributed by atoms with Crippen molar-refractivity contribution in [3.8, 4) is 0 Å². The zero-order valence-corrected chi connectivity index (χ0v) is 10.0. The number of nitrogen functional groups attached to an aromatic ring is 1. The zero-order chi connectivity index (χ0) is 11.7. The van der Waals surface area contributed by atoms with Crippen LogP contribution < -0.4 is 5.73 Å². The molecule has 86 valence electrons. The molecule has 2 rings (SSSR count). The van der Waals surface area contributed by atoms with E-state index in [0.717, 1.165) is 5.69 Å². The molecule has 2 aromatic rings. The van der Waals surface area contributed by atoms with E-state index in [1.807, 2.05) is 19.2 Å². The van der Waals surface area contributed by atoms with Crippen molar-refractivity contribution < 1.29 is 4.74 Å². The van der Waals surface area contributed by atoms with E-state index in [4.69, 9.17) is 22.1 Å². The van der Waals surface area contributed by atoms with E-state index in [-0.39, 0.29) is 5.92 Å². The number of fused-ring (bicyclic) bond motifs is 1. The summed E-state index contributed by atoms with van der Waals surface area (Å²) in [6, 6.07) is 3.65. The lowest BCUT2D eigenvalue weighted by atomic mass is 10.1. The van der Waals surface area contributed by atoms with Crippen LogP contribution in [0.1, 0.15) is 18.5 Å². The average Bonchev–Trinajstić information content (AvgIpc) is 2.59. The lowest BCUT2D eigenvalue weighted by Gasteiger charge is -2.07. The van der Waals surface area contributed by atoms with Crippen molar-refractivity contribution in [1.29, 1.82) is 0 Å². The molecule has 0 aliphatic heterocycles. The molecule has 16 heavy (non-hydrogen) atoms. The number of nitrogens with two attached hydrogens (primary N) is 1. The number of aromatic nitrogens is 2. The second-order valence-electron chi connectivity index (χ2n) is 3.79. The van der Waals surface area contributed by atoms with Crippen LogP contribution in [0.25, 0.3) is 5.65 Å². The maximum atomic E-state index is 6.05. The Morgan fingerprint density at radius 2 is 2.38 bits per heavy atom. The molecule has 0 saturated heterocycles. The molecule has 0 saturated carbocycles. The molecule has 0 fully saturated rings. The van der Waals surface area contributed by atoms with E-state index in [1.54, 1.807) is 17.6 Å². The Kier molecular flexibility index (Phi) is 3.03. The number of ether oxygens (including phenoxy) is 1. The molecular weight excluding hydrogens is 226 g/mol. The highest BCUT2D eigenvalue weighted by molar-refractivity contribution is 6.33. The summed E-state index contributed by atoms with van der Waals surface area (Å²) in [6.45, 7) is 2.61. The minimum atomic E-state index is 0.154. The maximum absolute atomic E-state index is 6.05. The number of methoxy groups -OCH3 is 1. The van der Waals surface area contributed by atoms with E-state index in [1.165, 1.54) is 0 Å². The van der Waals surface area contributed by atoms with Gasteiger partial charge in [0.1, 0.15) is 5.82 Å². The van der Waals surface area contributed by atoms with Gasteiger partial charge in [0.05, 0.1) is 17.3 Å². The summed E-state index contributed by atoms with van der Waals surface area (Å²) in [5, 5.41) is 0.602. The fourth-order valence-corrected chi connectivity index (χ4v) is 1.97. The van der Waals surface area contributed by atoms with E-state index < -0.39 is 0 Å². The topological polar surface area (TPSA) is 52.5 Å². The molecule has 0 amide bonds. The molecule has 0 aliphatic rings. The fourth-order valence-electron chi connectivity index (χ4n) is 1.76. The first-order valence-corrected chi connectivity index (χ1v) is 5.43. The van der Waals surface area contributed by atoms with E-state index >= 15 is 0 Å². The number of anilines is 1. The Hall–Kier alpha value is -1.26. The molecule has 0 bridgehead atoms. The summed E-state index contributed by atoms with van der Waals surface area (Å²) in [5.41, 5.74) is 7.55. The lowest BCUT2D eigenvalue weighted by Crippen LogP contribution is -2.05. The molecule has 5 heteroatoms. The van der Waals surface area contributed by atoms with Gasteiger partial charge < -0.3 is 10.5 Å². The minimum absolute atomic E-state index is 0.154. The van der Waals surface area contributed by atoms with Crippen molar-refractivity contribution in [2.24, 2.45) is 0 Å². The molecule has 2 aromatic heterocycles. The first kappa shape index (κ1) is 11.2. The number of rotatable bonds is 3. The number of imidazole rings is 1. The van der Waals surface area contributed by atoms with Gasteiger partial charge in [-0.25, -0.2) is 4.98 Å². The van der Waals surface area contributed by atoms with Crippen molar-refractivity contribution in [3.63, 3.8) is 0 Å². The second-order valence-corrected chi connectivity index (χ2v) is 4.20. The molecule has 1 atom stereocenters. The van der Waals surface area contributed by atoms with Gasteiger partial charge in [-0.05, 0) is 12.1 Å². The Morgan fingerprint density at radius 3 is 3.00 bits per heavy atom. The quantitative estimate of drug-likeness (QED) is 0.894. The second kappa shape index (κ2) is 4.31. The van der Waals surface area contributed by atoms with Crippen molar-refractivity contribution >= 4 is 23.1 Å². The van der Waals surface area contributed by atoms with Gasteiger partial charge in [-0.2, -0.15) is 0 Å². The summed E-state index contributed by atoms with van der Waals surface area (Å²) >= 11 is 6.05. The standard InChI is InChI=1S/C11H14ClN3O/c1-7(6-16-2)9-10(13)15-5-3-4-8(12)11(15)14-9/h3-5,7H,6,13H2,1-2H3. The first-order chi connectivity index (χ1) is 7.65. The minimum Gasteiger partial charge on any atom is -0.384 e. The van der Waals surface area contributed by atoms with Crippen LogP contribution in [-0.2, 0) is 4.74 Å². The van der Waals surface area contributed by atoms with E-state index in [2.05, 4.69) is 4.98 Å². The Balaban J connectivity index is 2.55. The zero-order valence-electron chi connectivity index (χ0n) is 9.27. The summed E-state index contributed by atoms with van der Waals surface area (Å²) in [6.07, 6.45) is 1.85. The molecule has 4 nitrogen and oxygen atoms in total. The molecule has 0 spiro atoms. The smallest absolute Gasteiger partial charge is 0.157 e. The van der Waals surface area contributed by atoms with Crippen LogP contribution in [0.5, 0.6) is 0 Å². The SMILES string of the molecule is COCC(C)c1nc2c(Cl)cccn2c1N. The predicted molar refractivity (Wildman–Crippen MR) is 64.9 cm³/mol. The third kappa shape index (κ3) is 1.74. The molecule has 0 aliphatic carbocycles. The first-order valence-electron chi connectivity index (χ1n) is 5.06. The molecule has 0 radical (unpaired) electrons. The van der Waals surface area contributed by atoms with Crippen molar-refractivity contribution in [2.75, 3.05) is 19.5 Å². The highest BCUT2D eigenvalue weighted by Gasteiger charge is 2.16. The van der Waals surface area contributed by atoms with Gasteiger partial charge in [0.15, 0.2) is 5.65 Å². The van der Waals surface area contributed by atoms with Crippen LogP contribution in [0, 0.1) is 0 Å². The van der Waals surface area contributed by atoms with Gasteiger partial charge in [0.25, 0.3) is 0 Å². The Labute approximate surface area is 99.0 Å². The third-order valence-corrected chi connectivity index (χ3v) is 2.85. The molecular formula is C11H14ClN3O. The molecule has 2 N–H and O–H groups in total. The average molecular weight is 240 g/mol. The Morgan fingerprint density at radius 1 is 1.62 bits per heavy atom. The van der Waals surface area contributed by atoms with Crippen LogP contribution in [0.3, 0.4) is 0 Å². The molecule has 0 aromatic carbocycles. The van der Waals surface area contributed by atoms with Crippen molar-refractivity contribution in [3.05, 3.63) is 29.0 Å².